The van der Waals surface area contributed by atoms with Crippen LogP contribution < -0.4 is 5.32 Å². The van der Waals surface area contributed by atoms with Crippen molar-refractivity contribution in [1.82, 2.24) is 5.32 Å². The summed E-state index contributed by atoms with van der Waals surface area (Å²) in [6.07, 6.45) is 0. The summed E-state index contributed by atoms with van der Waals surface area (Å²) in [5, 5.41) is 4.78. The van der Waals surface area contributed by atoms with Crippen LogP contribution in [0.5, 0.6) is 0 Å². The van der Waals surface area contributed by atoms with Crippen LogP contribution in [0.4, 0.5) is 0 Å². The molecule has 2 aromatic rings. The van der Waals surface area contributed by atoms with Crippen LogP contribution in [0.25, 0.3) is 0 Å². The third-order valence-corrected chi connectivity index (χ3v) is 3.71. The average molecular weight is 315 g/mol. The normalized spacial score (nSPS) is 10.7. The maximum atomic E-state index is 6.11. The SMILES string of the molecule is ClCc1cccc(CNCc2cc(Cl)ccc2Cl)c1. The summed E-state index contributed by atoms with van der Waals surface area (Å²) >= 11 is 17.9. The molecule has 0 unspecified atom stereocenters. The Hall–Kier alpha value is -0.730. The van der Waals surface area contributed by atoms with E-state index in [0.29, 0.717) is 17.4 Å². The van der Waals surface area contributed by atoms with E-state index < -0.39 is 0 Å². The number of hydrogen-bond donors (Lipinski definition) is 1. The molecule has 0 heterocycles. The highest BCUT2D eigenvalue weighted by Crippen LogP contribution is 2.20. The summed E-state index contributed by atoms with van der Waals surface area (Å²) in [6.45, 7) is 1.46. The Kier molecular flexibility index (Phi) is 5.53. The zero-order valence-corrected chi connectivity index (χ0v) is 12.6. The Balaban J connectivity index is 1.94. The Morgan fingerprint density at radius 1 is 0.895 bits per heavy atom. The van der Waals surface area contributed by atoms with Crippen molar-refractivity contribution in [3.8, 4) is 0 Å². The number of alkyl halides is 1. The first-order chi connectivity index (χ1) is 9.19. The van der Waals surface area contributed by atoms with Crippen LogP contribution in [0.2, 0.25) is 10.0 Å². The summed E-state index contributed by atoms with van der Waals surface area (Å²) in [4.78, 5) is 0. The predicted octanol–water partition coefficient (Wildman–Crippen LogP) is 5.02. The van der Waals surface area contributed by atoms with E-state index in [0.717, 1.165) is 22.7 Å². The third-order valence-electron chi connectivity index (χ3n) is 2.80. The van der Waals surface area contributed by atoms with Gasteiger partial charge in [-0.25, -0.2) is 0 Å². The molecule has 0 saturated carbocycles. The first kappa shape index (κ1) is 14.7. The number of nitrogens with one attached hydrogen (secondary N) is 1. The molecule has 0 radical (unpaired) electrons. The summed E-state index contributed by atoms with van der Waals surface area (Å²) in [5.41, 5.74) is 3.33. The molecule has 0 amide bonds. The summed E-state index contributed by atoms with van der Waals surface area (Å²) in [6, 6.07) is 13.7. The van der Waals surface area contributed by atoms with Gasteiger partial charge in [-0.1, -0.05) is 47.5 Å². The molecule has 1 nitrogen and oxygen atoms in total. The van der Waals surface area contributed by atoms with E-state index in [1.54, 1.807) is 6.07 Å². The number of halogens is 3. The van der Waals surface area contributed by atoms with Crippen LogP contribution in [0.3, 0.4) is 0 Å². The van der Waals surface area contributed by atoms with Gasteiger partial charge in [-0.15, -0.1) is 11.6 Å². The summed E-state index contributed by atoms with van der Waals surface area (Å²) < 4.78 is 0. The smallest absolute Gasteiger partial charge is 0.0474 e. The van der Waals surface area contributed by atoms with E-state index >= 15 is 0 Å². The van der Waals surface area contributed by atoms with Gasteiger partial charge in [-0.2, -0.15) is 0 Å². The van der Waals surface area contributed by atoms with E-state index in [1.165, 1.54) is 5.56 Å². The van der Waals surface area contributed by atoms with Gasteiger partial charge in [0.15, 0.2) is 0 Å². The highest BCUT2D eigenvalue weighted by atomic mass is 35.5. The van der Waals surface area contributed by atoms with Gasteiger partial charge in [-0.3, -0.25) is 0 Å². The molecule has 0 aliphatic heterocycles. The first-order valence-corrected chi connectivity index (χ1v) is 7.26. The fourth-order valence-corrected chi connectivity index (χ4v) is 2.39. The van der Waals surface area contributed by atoms with E-state index in [4.69, 9.17) is 34.8 Å². The zero-order chi connectivity index (χ0) is 13.7. The van der Waals surface area contributed by atoms with Crippen LogP contribution in [0.15, 0.2) is 42.5 Å². The van der Waals surface area contributed by atoms with Crippen LogP contribution in [-0.2, 0) is 19.0 Å². The van der Waals surface area contributed by atoms with Gasteiger partial charge in [0.25, 0.3) is 0 Å². The van der Waals surface area contributed by atoms with Crippen molar-refractivity contribution >= 4 is 34.8 Å². The quantitative estimate of drug-likeness (QED) is 0.764. The lowest BCUT2D eigenvalue weighted by atomic mass is 10.1. The third kappa shape index (κ3) is 4.39. The fraction of sp³-hybridized carbons (Fsp3) is 0.200. The predicted molar refractivity (Wildman–Crippen MR) is 83.0 cm³/mol. The molecule has 0 atom stereocenters. The van der Waals surface area contributed by atoms with Gasteiger partial charge in [0.1, 0.15) is 0 Å². The highest BCUT2D eigenvalue weighted by molar-refractivity contribution is 6.33. The molecule has 0 saturated heterocycles. The molecule has 0 aliphatic rings. The molecule has 0 aromatic heterocycles. The summed E-state index contributed by atoms with van der Waals surface area (Å²) in [7, 11) is 0. The summed E-state index contributed by atoms with van der Waals surface area (Å²) in [5.74, 6) is 0.536. The Morgan fingerprint density at radius 2 is 1.68 bits per heavy atom. The number of rotatable bonds is 5. The lowest BCUT2D eigenvalue weighted by Crippen LogP contribution is -2.13. The minimum atomic E-state index is 0.536. The Morgan fingerprint density at radius 3 is 2.47 bits per heavy atom. The molecule has 0 aliphatic carbocycles. The van der Waals surface area contributed by atoms with Gasteiger partial charge in [-0.05, 0) is 34.9 Å². The fourth-order valence-electron chi connectivity index (χ4n) is 1.84. The lowest BCUT2D eigenvalue weighted by Gasteiger charge is -2.08. The molecule has 0 spiro atoms. The number of benzene rings is 2. The van der Waals surface area contributed by atoms with E-state index in [1.807, 2.05) is 24.3 Å². The maximum Gasteiger partial charge on any atom is 0.0474 e. The maximum absolute atomic E-state index is 6.11. The van der Waals surface area contributed by atoms with Gasteiger partial charge >= 0.3 is 0 Å². The molecule has 100 valence electrons. The minimum absolute atomic E-state index is 0.536. The van der Waals surface area contributed by atoms with Crippen molar-refractivity contribution in [3.05, 3.63) is 69.2 Å². The van der Waals surface area contributed by atoms with Crippen molar-refractivity contribution in [1.29, 1.82) is 0 Å². The van der Waals surface area contributed by atoms with Gasteiger partial charge < -0.3 is 5.32 Å². The molecule has 1 N–H and O–H groups in total. The van der Waals surface area contributed by atoms with Crippen LogP contribution in [0.1, 0.15) is 16.7 Å². The monoisotopic (exact) mass is 313 g/mol. The lowest BCUT2D eigenvalue weighted by molar-refractivity contribution is 0.693. The molecular weight excluding hydrogens is 301 g/mol. The molecule has 2 rings (SSSR count). The van der Waals surface area contributed by atoms with Gasteiger partial charge in [0.2, 0.25) is 0 Å². The molecule has 0 bridgehead atoms. The minimum Gasteiger partial charge on any atom is -0.309 e. The van der Waals surface area contributed by atoms with Crippen molar-refractivity contribution < 1.29 is 0 Å². The molecule has 0 fully saturated rings. The largest absolute Gasteiger partial charge is 0.309 e. The van der Waals surface area contributed by atoms with Gasteiger partial charge in [0, 0.05) is 29.0 Å². The average Bonchev–Trinajstić information content (AvgIpc) is 2.43. The topological polar surface area (TPSA) is 12.0 Å². The van der Waals surface area contributed by atoms with Crippen molar-refractivity contribution in [2.24, 2.45) is 0 Å². The molecule has 2 aromatic carbocycles. The standard InChI is InChI=1S/C15H14Cl3N/c16-8-11-2-1-3-12(6-11)9-19-10-13-7-14(17)4-5-15(13)18/h1-7,19H,8-10H2. The molecule has 4 heteroatoms. The zero-order valence-electron chi connectivity index (χ0n) is 10.3. The molecular formula is C15H14Cl3N. The second-order valence-corrected chi connectivity index (χ2v) is 5.40. The van der Waals surface area contributed by atoms with Crippen LogP contribution >= 0.6 is 34.8 Å². The van der Waals surface area contributed by atoms with Crippen molar-refractivity contribution in [3.63, 3.8) is 0 Å². The van der Waals surface area contributed by atoms with Crippen molar-refractivity contribution in [2.45, 2.75) is 19.0 Å². The van der Waals surface area contributed by atoms with Crippen molar-refractivity contribution in [2.75, 3.05) is 0 Å². The first-order valence-electron chi connectivity index (χ1n) is 5.97. The Labute approximate surface area is 128 Å². The van der Waals surface area contributed by atoms with Crippen LogP contribution in [0, 0.1) is 0 Å². The van der Waals surface area contributed by atoms with E-state index in [9.17, 15) is 0 Å². The second kappa shape index (κ2) is 7.16. The number of hydrogen-bond acceptors (Lipinski definition) is 1. The van der Waals surface area contributed by atoms with Gasteiger partial charge in [0.05, 0.1) is 0 Å². The van der Waals surface area contributed by atoms with E-state index in [2.05, 4.69) is 17.4 Å². The second-order valence-electron chi connectivity index (χ2n) is 4.29. The van der Waals surface area contributed by atoms with Crippen LogP contribution in [-0.4, -0.2) is 0 Å². The highest BCUT2D eigenvalue weighted by Gasteiger charge is 2.01. The van der Waals surface area contributed by atoms with E-state index in [-0.39, 0.29) is 0 Å². The molecule has 19 heavy (non-hydrogen) atoms. The Bertz CT molecular complexity index is 555.